The maximum absolute atomic E-state index is 11.9. The fourth-order valence-corrected chi connectivity index (χ4v) is 2.93. The monoisotopic (exact) mass is 397 g/mol. The molecule has 1 aromatic carbocycles. The molecule has 0 aromatic heterocycles. The van der Waals surface area contributed by atoms with Crippen molar-refractivity contribution < 1.29 is 9.53 Å². The molecule has 1 unspecified atom stereocenters. The third-order valence-corrected chi connectivity index (χ3v) is 4.07. The van der Waals surface area contributed by atoms with Crippen molar-refractivity contribution in [2.75, 3.05) is 44.8 Å². The molecule has 0 saturated carbocycles. The van der Waals surface area contributed by atoms with Gasteiger partial charge in [-0.05, 0) is 25.0 Å². The number of nitrogens with zero attached hydrogens (tertiary/aromatic N) is 1. The fraction of sp³-hybridized carbons (Fsp3) is 0.562. The summed E-state index contributed by atoms with van der Waals surface area (Å²) < 4.78 is 4.93. The Kier molecular flexibility index (Phi) is 12.2. The normalized spacial score (nSPS) is 16.8. The minimum atomic E-state index is 0. The number of benzene rings is 1. The molecule has 0 aliphatic carbocycles. The van der Waals surface area contributed by atoms with Crippen LogP contribution in [0.15, 0.2) is 24.3 Å². The van der Waals surface area contributed by atoms with Crippen LogP contribution < -0.4 is 15.5 Å². The number of hydrogen-bond acceptors (Lipinski definition) is 4. The molecule has 0 spiro atoms. The second-order valence-corrected chi connectivity index (χ2v) is 5.88. The van der Waals surface area contributed by atoms with Crippen molar-refractivity contribution in [3.63, 3.8) is 0 Å². The molecule has 5 nitrogen and oxygen atoms in total. The quantitative estimate of drug-likeness (QED) is 0.693. The number of para-hydroxylation sites is 1. The molecule has 1 aliphatic rings. The summed E-state index contributed by atoms with van der Waals surface area (Å²) in [4.78, 5) is 14.2. The average molecular weight is 399 g/mol. The highest BCUT2D eigenvalue weighted by Crippen LogP contribution is 2.27. The Morgan fingerprint density at radius 2 is 2.12 bits per heavy atom. The molecule has 1 aromatic rings. The van der Waals surface area contributed by atoms with E-state index in [9.17, 15) is 4.79 Å². The number of anilines is 1. The standard InChI is InChI=1S/C16H24ClN3O2.2ClH/c1-22-10-8-18-11-16(21)19-13-5-4-9-20(12-13)15-7-3-2-6-14(15)17;;/h2-3,6-7,13,18H,4-5,8-12H2,1H3,(H,19,21);2*1H. The minimum Gasteiger partial charge on any atom is -0.383 e. The SMILES string of the molecule is COCCNCC(=O)NC1CCCN(c2ccccc2Cl)C1.Cl.Cl. The number of piperidine rings is 1. The molecule has 24 heavy (non-hydrogen) atoms. The highest BCUT2D eigenvalue weighted by Gasteiger charge is 2.22. The smallest absolute Gasteiger partial charge is 0.234 e. The van der Waals surface area contributed by atoms with Gasteiger partial charge in [0.15, 0.2) is 0 Å². The lowest BCUT2D eigenvalue weighted by Crippen LogP contribution is -2.49. The van der Waals surface area contributed by atoms with Gasteiger partial charge in [0.2, 0.25) is 5.91 Å². The van der Waals surface area contributed by atoms with Gasteiger partial charge < -0.3 is 20.3 Å². The summed E-state index contributed by atoms with van der Waals surface area (Å²) in [5.74, 6) is 0.0297. The maximum atomic E-state index is 11.9. The first-order valence-corrected chi connectivity index (χ1v) is 8.07. The van der Waals surface area contributed by atoms with Gasteiger partial charge in [-0.2, -0.15) is 0 Å². The average Bonchev–Trinajstić information content (AvgIpc) is 2.52. The van der Waals surface area contributed by atoms with Crippen LogP contribution in [0.1, 0.15) is 12.8 Å². The third-order valence-electron chi connectivity index (χ3n) is 3.75. The molecule has 1 saturated heterocycles. The number of halogens is 3. The van der Waals surface area contributed by atoms with E-state index < -0.39 is 0 Å². The molecular weight excluding hydrogens is 373 g/mol. The van der Waals surface area contributed by atoms with E-state index in [1.54, 1.807) is 7.11 Å². The van der Waals surface area contributed by atoms with E-state index in [4.69, 9.17) is 16.3 Å². The zero-order valence-electron chi connectivity index (χ0n) is 13.8. The van der Waals surface area contributed by atoms with Crippen LogP contribution in [-0.4, -0.2) is 51.8 Å². The van der Waals surface area contributed by atoms with Crippen molar-refractivity contribution in [1.29, 1.82) is 0 Å². The van der Waals surface area contributed by atoms with E-state index in [0.29, 0.717) is 19.7 Å². The zero-order chi connectivity index (χ0) is 15.8. The fourth-order valence-electron chi connectivity index (χ4n) is 2.68. The first-order valence-electron chi connectivity index (χ1n) is 7.69. The Morgan fingerprint density at radius 3 is 2.83 bits per heavy atom. The van der Waals surface area contributed by atoms with Crippen molar-refractivity contribution in [1.82, 2.24) is 10.6 Å². The van der Waals surface area contributed by atoms with E-state index in [0.717, 1.165) is 36.6 Å². The Bertz CT molecular complexity index is 491. The van der Waals surface area contributed by atoms with Gasteiger partial charge in [0.05, 0.1) is 23.9 Å². The van der Waals surface area contributed by atoms with Gasteiger partial charge in [0.1, 0.15) is 0 Å². The Labute approximate surface area is 161 Å². The maximum Gasteiger partial charge on any atom is 0.234 e. The van der Waals surface area contributed by atoms with E-state index in [-0.39, 0.29) is 36.8 Å². The molecule has 0 bridgehead atoms. The second-order valence-electron chi connectivity index (χ2n) is 5.47. The predicted molar refractivity (Wildman–Crippen MR) is 104 cm³/mol. The Balaban J connectivity index is 0.00000264. The number of ether oxygens (including phenoxy) is 1. The Hall–Kier alpha value is -0.720. The molecule has 8 heteroatoms. The zero-order valence-corrected chi connectivity index (χ0v) is 16.2. The number of rotatable bonds is 7. The molecule has 1 aliphatic heterocycles. The first-order chi connectivity index (χ1) is 10.7. The molecule has 1 amide bonds. The number of carbonyl (C=O) groups excluding carboxylic acids is 1. The highest BCUT2D eigenvalue weighted by atomic mass is 35.5. The van der Waals surface area contributed by atoms with Crippen LogP contribution in [0.3, 0.4) is 0 Å². The van der Waals surface area contributed by atoms with Crippen molar-refractivity contribution in [2.45, 2.75) is 18.9 Å². The van der Waals surface area contributed by atoms with Gasteiger partial charge in [-0.25, -0.2) is 0 Å². The lowest BCUT2D eigenvalue weighted by atomic mass is 10.0. The largest absolute Gasteiger partial charge is 0.383 e. The number of nitrogens with one attached hydrogen (secondary N) is 2. The second kappa shape index (κ2) is 12.6. The first kappa shape index (κ1) is 23.3. The van der Waals surface area contributed by atoms with Crippen LogP contribution in [0, 0.1) is 0 Å². The number of carbonyl (C=O) groups is 1. The van der Waals surface area contributed by atoms with Crippen LogP contribution >= 0.6 is 36.4 Å². The number of amides is 1. The summed E-state index contributed by atoms with van der Waals surface area (Å²) in [5.41, 5.74) is 1.04. The molecule has 1 fully saturated rings. The van der Waals surface area contributed by atoms with E-state index in [2.05, 4.69) is 15.5 Å². The Morgan fingerprint density at radius 1 is 1.38 bits per heavy atom. The molecule has 1 atom stereocenters. The van der Waals surface area contributed by atoms with E-state index >= 15 is 0 Å². The molecule has 2 rings (SSSR count). The third kappa shape index (κ3) is 7.45. The van der Waals surface area contributed by atoms with Gasteiger partial charge in [-0.3, -0.25) is 4.79 Å². The van der Waals surface area contributed by atoms with Crippen LogP contribution in [0.25, 0.3) is 0 Å². The van der Waals surface area contributed by atoms with Gasteiger partial charge in [-0.1, -0.05) is 23.7 Å². The lowest BCUT2D eigenvalue weighted by Gasteiger charge is -2.35. The predicted octanol–water partition coefficient (Wildman–Crippen LogP) is 2.50. The summed E-state index contributed by atoms with van der Waals surface area (Å²) in [7, 11) is 1.65. The summed E-state index contributed by atoms with van der Waals surface area (Å²) in [6.45, 7) is 3.39. The topological polar surface area (TPSA) is 53.6 Å². The van der Waals surface area contributed by atoms with Crippen LogP contribution in [-0.2, 0) is 9.53 Å². The molecule has 0 radical (unpaired) electrons. The van der Waals surface area contributed by atoms with Crippen molar-refractivity contribution in [2.24, 2.45) is 0 Å². The van der Waals surface area contributed by atoms with E-state index in [1.165, 1.54) is 0 Å². The van der Waals surface area contributed by atoms with E-state index in [1.807, 2.05) is 24.3 Å². The van der Waals surface area contributed by atoms with Gasteiger partial charge in [-0.15, -0.1) is 24.8 Å². The highest BCUT2D eigenvalue weighted by molar-refractivity contribution is 6.33. The molecule has 138 valence electrons. The molecule has 1 heterocycles. The number of methoxy groups -OCH3 is 1. The summed E-state index contributed by atoms with van der Waals surface area (Å²) in [6.07, 6.45) is 2.05. The summed E-state index contributed by atoms with van der Waals surface area (Å²) >= 11 is 6.26. The van der Waals surface area contributed by atoms with Crippen LogP contribution in [0.5, 0.6) is 0 Å². The van der Waals surface area contributed by atoms with Crippen LogP contribution in [0.2, 0.25) is 5.02 Å². The molecular formula is C16H26Cl3N3O2. The van der Waals surface area contributed by atoms with Gasteiger partial charge >= 0.3 is 0 Å². The van der Waals surface area contributed by atoms with Gasteiger partial charge in [0, 0.05) is 32.8 Å². The van der Waals surface area contributed by atoms with Crippen molar-refractivity contribution >= 4 is 48.0 Å². The summed E-state index contributed by atoms with van der Waals surface area (Å²) in [6, 6.07) is 8.02. The van der Waals surface area contributed by atoms with Crippen molar-refractivity contribution in [3.8, 4) is 0 Å². The molecule has 2 N–H and O–H groups in total. The van der Waals surface area contributed by atoms with Crippen molar-refractivity contribution in [3.05, 3.63) is 29.3 Å². The minimum absolute atomic E-state index is 0. The van der Waals surface area contributed by atoms with Crippen LogP contribution in [0.4, 0.5) is 5.69 Å². The number of hydrogen-bond donors (Lipinski definition) is 2. The lowest BCUT2D eigenvalue weighted by molar-refractivity contribution is -0.121. The summed E-state index contributed by atoms with van der Waals surface area (Å²) in [5, 5.41) is 6.90. The van der Waals surface area contributed by atoms with Gasteiger partial charge in [0.25, 0.3) is 0 Å².